The van der Waals surface area contributed by atoms with E-state index in [1.165, 1.54) is 41.9 Å². The van der Waals surface area contributed by atoms with Gasteiger partial charge in [0.1, 0.15) is 0 Å². The Kier molecular flexibility index (Phi) is 5.70. The van der Waals surface area contributed by atoms with Crippen LogP contribution in [0.4, 0.5) is 0 Å². The highest BCUT2D eigenvalue weighted by molar-refractivity contribution is 7.13. The van der Waals surface area contributed by atoms with Gasteiger partial charge in [-0.2, -0.15) is 0 Å². The van der Waals surface area contributed by atoms with E-state index in [9.17, 15) is 0 Å². The second-order valence-corrected chi connectivity index (χ2v) is 5.33. The van der Waals surface area contributed by atoms with Crippen LogP contribution in [0.5, 0.6) is 0 Å². The molecule has 0 unspecified atom stereocenters. The molecule has 1 rings (SSSR count). The molecule has 0 radical (unpaired) electrons. The Morgan fingerprint density at radius 2 is 2.07 bits per heavy atom. The number of rotatable bonds is 6. The molecule has 84 valence electrons. The van der Waals surface area contributed by atoms with Gasteiger partial charge in [0.15, 0.2) is 0 Å². The molecule has 0 aliphatic heterocycles. The van der Waals surface area contributed by atoms with E-state index < -0.39 is 0 Å². The first-order chi connectivity index (χ1) is 7.27. The van der Waals surface area contributed by atoms with Gasteiger partial charge in [0.2, 0.25) is 0 Å². The van der Waals surface area contributed by atoms with E-state index in [4.69, 9.17) is 0 Å². The summed E-state index contributed by atoms with van der Waals surface area (Å²) in [4.78, 5) is 2.90. The molecule has 0 spiro atoms. The van der Waals surface area contributed by atoms with Crippen molar-refractivity contribution in [1.82, 2.24) is 0 Å². The molecule has 0 atom stereocenters. The van der Waals surface area contributed by atoms with Crippen molar-refractivity contribution in [3.8, 4) is 0 Å². The molecule has 0 saturated carbocycles. The van der Waals surface area contributed by atoms with Crippen molar-refractivity contribution in [2.45, 2.75) is 52.9 Å². The highest BCUT2D eigenvalue weighted by Crippen LogP contribution is 2.24. The molecule has 0 N–H and O–H groups in total. The Morgan fingerprint density at radius 3 is 2.73 bits per heavy atom. The van der Waals surface area contributed by atoms with E-state index in [1.54, 1.807) is 5.56 Å². The quantitative estimate of drug-likeness (QED) is 0.579. The van der Waals surface area contributed by atoms with Crippen LogP contribution in [-0.4, -0.2) is 0 Å². The minimum atomic E-state index is 1.26. The molecule has 0 saturated heterocycles. The highest BCUT2D eigenvalue weighted by Gasteiger charge is 2.02. The van der Waals surface area contributed by atoms with Crippen molar-refractivity contribution < 1.29 is 0 Å². The zero-order valence-corrected chi connectivity index (χ0v) is 11.0. The lowest BCUT2D eigenvalue weighted by Gasteiger charge is -1.98. The summed E-state index contributed by atoms with van der Waals surface area (Å²) in [6, 6.07) is 2.35. The summed E-state index contributed by atoms with van der Waals surface area (Å²) in [6.07, 6.45) is 11.0. The first-order valence-electron chi connectivity index (χ1n) is 6.00. The molecule has 0 bridgehead atoms. The minimum absolute atomic E-state index is 1.26. The smallest absolute Gasteiger partial charge is 0.0272 e. The number of allylic oxidation sites excluding steroid dienone is 1. The fourth-order valence-corrected chi connectivity index (χ4v) is 2.83. The van der Waals surface area contributed by atoms with E-state index in [1.807, 2.05) is 11.3 Å². The van der Waals surface area contributed by atoms with Crippen molar-refractivity contribution in [3.63, 3.8) is 0 Å². The maximum absolute atomic E-state index is 2.35. The second kappa shape index (κ2) is 6.84. The summed E-state index contributed by atoms with van der Waals surface area (Å²) in [6.45, 7) is 6.59. The lowest BCUT2D eigenvalue weighted by molar-refractivity contribution is 0.666. The van der Waals surface area contributed by atoms with Crippen molar-refractivity contribution >= 4 is 17.4 Å². The monoisotopic (exact) mass is 222 g/mol. The summed E-state index contributed by atoms with van der Waals surface area (Å²) < 4.78 is 0. The topological polar surface area (TPSA) is 0 Å². The molecular formula is C14H22S. The molecule has 1 heteroatoms. The van der Waals surface area contributed by atoms with E-state index in [0.29, 0.717) is 0 Å². The van der Waals surface area contributed by atoms with Crippen LogP contribution in [0, 0.1) is 6.92 Å². The van der Waals surface area contributed by atoms with Crippen LogP contribution >= 0.6 is 11.3 Å². The Bertz CT molecular complexity index is 307. The van der Waals surface area contributed by atoms with Crippen molar-refractivity contribution in [3.05, 3.63) is 27.5 Å². The minimum Gasteiger partial charge on any atom is -0.141 e. The van der Waals surface area contributed by atoms with Crippen LogP contribution in [-0.2, 0) is 6.42 Å². The predicted octanol–water partition coefficient (Wildman–Crippen LogP) is 5.21. The molecule has 0 aliphatic carbocycles. The average molecular weight is 222 g/mol. The van der Waals surface area contributed by atoms with Gasteiger partial charge < -0.3 is 0 Å². The average Bonchev–Trinajstić information content (AvgIpc) is 2.55. The summed E-state index contributed by atoms with van der Waals surface area (Å²) in [7, 11) is 0. The normalized spacial score (nSPS) is 11.4. The van der Waals surface area contributed by atoms with Gasteiger partial charge in [-0.05, 0) is 44.4 Å². The number of unbranched alkanes of at least 4 members (excludes halogenated alkanes) is 3. The number of aryl methyl sites for hydroxylation is 2. The lowest BCUT2D eigenvalue weighted by atomic mass is 10.1. The first kappa shape index (κ1) is 12.5. The third-order valence-electron chi connectivity index (χ3n) is 2.67. The molecule has 0 fully saturated rings. The van der Waals surface area contributed by atoms with E-state index in [0.717, 1.165) is 0 Å². The zero-order valence-electron chi connectivity index (χ0n) is 10.2. The molecule has 0 aliphatic rings. The fraction of sp³-hybridized carbons (Fsp3) is 0.571. The molecule has 0 aromatic carbocycles. The number of hydrogen-bond acceptors (Lipinski definition) is 1. The standard InChI is InChI=1S/C14H22S/c1-4-6-7-8-10-13-11-14(9-5-2)15-12(13)3/h5,9,11H,4,6-8,10H2,1-3H3/b9-5+. The molecule has 0 amide bonds. The Morgan fingerprint density at radius 1 is 1.27 bits per heavy atom. The van der Waals surface area contributed by atoms with Crippen molar-refractivity contribution in [1.29, 1.82) is 0 Å². The predicted molar refractivity (Wildman–Crippen MR) is 71.6 cm³/mol. The maximum Gasteiger partial charge on any atom is 0.0272 e. The van der Waals surface area contributed by atoms with Crippen LogP contribution in [0.2, 0.25) is 0 Å². The Balaban J connectivity index is 2.46. The van der Waals surface area contributed by atoms with Crippen LogP contribution in [0.3, 0.4) is 0 Å². The zero-order chi connectivity index (χ0) is 11.1. The largest absolute Gasteiger partial charge is 0.141 e. The highest BCUT2D eigenvalue weighted by atomic mass is 32.1. The van der Waals surface area contributed by atoms with Crippen LogP contribution < -0.4 is 0 Å². The van der Waals surface area contributed by atoms with Crippen molar-refractivity contribution in [2.24, 2.45) is 0 Å². The number of thiophene rings is 1. The summed E-state index contributed by atoms with van der Waals surface area (Å²) in [5.74, 6) is 0. The molecule has 0 nitrogen and oxygen atoms in total. The molecule has 1 heterocycles. The van der Waals surface area contributed by atoms with Crippen LogP contribution in [0.1, 0.15) is 54.8 Å². The van der Waals surface area contributed by atoms with Gasteiger partial charge >= 0.3 is 0 Å². The van der Waals surface area contributed by atoms with Gasteiger partial charge in [0.25, 0.3) is 0 Å². The third-order valence-corrected chi connectivity index (χ3v) is 3.73. The number of hydrogen-bond donors (Lipinski definition) is 0. The fourth-order valence-electron chi connectivity index (χ4n) is 1.78. The van der Waals surface area contributed by atoms with Gasteiger partial charge in [-0.1, -0.05) is 32.3 Å². The molecule has 15 heavy (non-hydrogen) atoms. The third kappa shape index (κ3) is 4.21. The summed E-state index contributed by atoms with van der Waals surface area (Å²) in [5, 5.41) is 0. The molecule has 1 aromatic rings. The van der Waals surface area contributed by atoms with Gasteiger partial charge in [-0.15, -0.1) is 11.3 Å². The van der Waals surface area contributed by atoms with Gasteiger partial charge in [-0.25, -0.2) is 0 Å². The maximum atomic E-state index is 2.35. The van der Waals surface area contributed by atoms with E-state index in [2.05, 4.69) is 39.0 Å². The molecular weight excluding hydrogens is 200 g/mol. The van der Waals surface area contributed by atoms with E-state index >= 15 is 0 Å². The van der Waals surface area contributed by atoms with Crippen LogP contribution in [0.15, 0.2) is 12.1 Å². The first-order valence-corrected chi connectivity index (χ1v) is 6.81. The molecule has 1 aromatic heterocycles. The van der Waals surface area contributed by atoms with Crippen molar-refractivity contribution in [2.75, 3.05) is 0 Å². The van der Waals surface area contributed by atoms with Gasteiger partial charge in [0, 0.05) is 9.75 Å². The van der Waals surface area contributed by atoms with Crippen LogP contribution in [0.25, 0.3) is 6.08 Å². The SMILES string of the molecule is C/C=C/c1cc(CCCCCC)c(C)s1. The Hall–Kier alpha value is -0.560. The summed E-state index contributed by atoms with van der Waals surface area (Å²) >= 11 is 1.92. The van der Waals surface area contributed by atoms with Gasteiger partial charge in [-0.3, -0.25) is 0 Å². The Labute approximate surface area is 98.0 Å². The second-order valence-electron chi connectivity index (χ2n) is 4.04. The van der Waals surface area contributed by atoms with E-state index in [-0.39, 0.29) is 0 Å². The van der Waals surface area contributed by atoms with Gasteiger partial charge in [0.05, 0.1) is 0 Å². The lowest BCUT2D eigenvalue weighted by Crippen LogP contribution is -1.84. The summed E-state index contributed by atoms with van der Waals surface area (Å²) in [5.41, 5.74) is 1.56.